The molecule has 2 rings (SSSR count). The lowest BCUT2D eigenvalue weighted by atomic mass is 9.98. The third-order valence-electron chi connectivity index (χ3n) is 3.76. The zero-order chi connectivity index (χ0) is 16.3. The molecule has 8 heteroatoms. The van der Waals surface area contributed by atoms with Crippen LogP contribution in [-0.4, -0.2) is 47.7 Å². The fourth-order valence-corrected chi connectivity index (χ4v) is 3.04. The van der Waals surface area contributed by atoms with Crippen LogP contribution < -0.4 is 5.32 Å². The Labute approximate surface area is 132 Å². The molecule has 4 nitrogen and oxygen atoms in total. The fraction of sp³-hybridized carbons (Fsp3) is 0.643. The van der Waals surface area contributed by atoms with Gasteiger partial charge >= 0.3 is 6.18 Å². The molecular formula is C14H19ClF3N3O. The summed E-state index contributed by atoms with van der Waals surface area (Å²) in [7, 11) is 1.71. The Morgan fingerprint density at radius 3 is 2.82 bits per heavy atom. The van der Waals surface area contributed by atoms with E-state index in [0.29, 0.717) is 36.8 Å². The van der Waals surface area contributed by atoms with Crippen LogP contribution >= 0.6 is 11.6 Å². The highest BCUT2D eigenvalue weighted by atomic mass is 35.5. The highest BCUT2D eigenvalue weighted by Gasteiger charge is 2.33. The molecule has 0 aromatic carbocycles. The van der Waals surface area contributed by atoms with Crippen molar-refractivity contribution < 1.29 is 18.0 Å². The van der Waals surface area contributed by atoms with E-state index in [9.17, 15) is 18.0 Å². The summed E-state index contributed by atoms with van der Waals surface area (Å²) in [4.78, 5) is 13.5. The van der Waals surface area contributed by atoms with Crippen LogP contribution in [0.5, 0.6) is 0 Å². The molecule has 1 aromatic heterocycles. The minimum atomic E-state index is -4.18. The van der Waals surface area contributed by atoms with Crippen LogP contribution in [0.1, 0.15) is 23.3 Å². The predicted molar refractivity (Wildman–Crippen MR) is 78.0 cm³/mol. The number of nitrogens with zero attached hydrogens (tertiary/aromatic N) is 2. The van der Waals surface area contributed by atoms with Gasteiger partial charge in [-0.1, -0.05) is 11.6 Å². The van der Waals surface area contributed by atoms with Crippen LogP contribution in [0.2, 0.25) is 5.02 Å². The highest BCUT2D eigenvalue weighted by Crippen LogP contribution is 2.22. The molecule has 1 unspecified atom stereocenters. The van der Waals surface area contributed by atoms with E-state index in [1.54, 1.807) is 23.9 Å². The van der Waals surface area contributed by atoms with E-state index in [4.69, 9.17) is 11.6 Å². The second kappa shape index (κ2) is 6.91. The lowest BCUT2D eigenvalue weighted by Crippen LogP contribution is -2.44. The van der Waals surface area contributed by atoms with E-state index in [2.05, 4.69) is 5.32 Å². The number of carbonyl (C=O) groups excluding carboxylic acids is 1. The number of nitrogens with one attached hydrogen (secondary N) is 1. The molecule has 1 saturated heterocycles. The molecule has 0 saturated carbocycles. The Morgan fingerprint density at radius 1 is 1.50 bits per heavy atom. The van der Waals surface area contributed by atoms with Crippen LogP contribution in [0.25, 0.3) is 0 Å². The maximum atomic E-state index is 12.4. The number of aryl methyl sites for hydroxylation is 1. The summed E-state index contributed by atoms with van der Waals surface area (Å²) in [6.45, 7) is 0.298. The summed E-state index contributed by atoms with van der Waals surface area (Å²) < 4.78 is 38.9. The molecule has 1 aliphatic rings. The molecule has 0 aliphatic carbocycles. The zero-order valence-electron chi connectivity index (χ0n) is 12.3. The van der Waals surface area contributed by atoms with Crippen molar-refractivity contribution in [3.63, 3.8) is 0 Å². The Morgan fingerprint density at radius 2 is 2.23 bits per heavy atom. The largest absolute Gasteiger partial charge is 0.401 e. The van der Waals surface area contributed by atoms with Crippen molar-refractivity contribution in [2.24, 2.45) is 13.0 Å². The van der Waals surface area contributed by atoms with Gasteiger partial charge in [0.15, 0.2) is 0 Å². The topological polar surface area (TPSA) is 37.3 Å². The quantitative estimate of drug-likeness (QED) is 0.917. The van der Waals surface area contributed by atoms with Gasteiger partial charge in [-0.05, 0) is 31.4 Å². The van der Waals surface area contributed by atoms with Gasteiger partial charge in [0.25, 0.3) is 5.91 Å². The van der Waals surface area contributed by atoms with Gasteiger partial charge in [0, 0.05) is 26.3 Å². The monoisotopic (exact) mass is 337 g/mol. The van der Waals surface area contributed by atoms with Gasteiger partial charge in [0.2, 0.25) is 0 Å². The van der Waals surface area contributed by atoms with Crippen molar-refractivity contribution in [2.75, 3.05) is 26.2 Å². The first-order valence-corrected chi connectivity index (χ1v) is 7.51. The lowest BCUT2D eigenvalue weighted by molar-refractivity contribution is -0.149. The summed E-state index contributed by atoms with van der Waals surface area (Å²) in [5.74, 6) is -0.224. The lowest BCUT2D eigenvalue weighted by Gasteiger charge is -2.33. The molecule has 1 aliphatic heterocycles. The Kier molecular flexibility index (Phi) is 5.39. The number of aromatic nitrogens is 1. The van der Waals surface area contributed by atoms with Gasteiger partial charge in [-0.3, -0.25) is 9.69 Å². The Balaban J connectivity index is 1.83. The number of rotatable bonds is 4. The number of hydrogen-bond acceptors (Lipinski definition) is 2. The van der Waals surface area contributed by atoms with Crippen LogP contribution in [0.3, 0.4) is 0 Å². The summed E-state index contributed by atoms with van der Waals surface area (Å²) in [5, 5.41) is 3.25. The molecule has 0 spiro atoms. The third kappa shape index (κ3) is 4.91. The van der Waals surface area contributed by atoms with Gasteiger partial charge in [0.05, 0.1) is 11.6 Å². The molecule has 2 heterocycles. The third-order valence-corrected chi connectivity index (χ3v) is 3.97. The van der Waals surface area contributed by atoms with E-state index in [-0.39, 0.29) is 11.8 Å². The molecule has 1 atom stereocenters. The molecule has 124 valence electrons. The number of hydrogen-bond donors (Lipinski definition) is 1. The van der Waals surface area contributed by atoms with Crippen molar-refractivity contribution in [3.8, 4) is 0 Å². The standard InChI is InChI=1S/C14H19ClF3N3O/c1-20-8-11(15)5-12(20)13(22)19-6-10-3-2-4-21(7-10)9-14(16,17)18/h5,8,10H,2-4,6-7,9H2,1H3,(H,19,22). The molecule has 0 bridgehead atoms. The molecule has 0 radical (unpaired) electrons. The maximum absolute atomic E-state index is 12.4. The molecule has 1 amide bonds. The number of likely N-dealkylation sites (tertiary alicyclic amines) is 1. The first-order chi connectivity index (χ1) is 10.2. The SMILES string of the molecule is Cn1cc(Cl)cc1C(=O)NCC1CCCN(CC(F)(F)F)C1. The fourth-order valence-electron chi connectivity index (χ4n) is 2.79. The minimum absolute atomic E-state index is 0.0378. The van der Waals surface area contributed by atoms with E-state index in [1.807, 2.05) is 0 Å². The van der Waals surface area contributed by atoms with Crippen molar-refractivity contribution in [3.05, 3.63) is 23.0 Å². The van der Waals surface area contributed by atoms with Crippen molar-refractivity contribution >= 4 is 17.5 Å². The smallest absolute Gasteiger partial charge is 0.350 e. The molecule has 22 heavy (non-hydrogen) atoms. The van der Waals surface area contributed by atoms with Crippen LogP contribution in [0.4, 0.5) is 13.2 Å². The van der Waals surface area contributed by atoms with E-state index in [0.717, 1.165) is 6.42 Å². The molecule has 1 N–H and O–H groups in total. The second-order valence-electron chi connectivity index (χ2n) is 5.72. The van der Waals surface area contributed by atoms with Crippen LogP contribution in [0.15, 0.2) is 12.3 Å². The average molecular weight is 338 g/mol. The first-order valence-electron chi connectivity index (χ1n) is 7.14. The van der Waals surface area contributed by atoms with E-state index in [1.165, 1.54) is 4.90 Å². The molecule has 1 aromatic rings. The average Bonchev–Trinajstić information content (AvgIpc) is 2.73. The van der Waals surface area contributed by atoms with Gasteiger partial charge in [-0.15, -0.1) is 0 Å². The summed E-state index contributed by atoms with van der Waals surface area (Å²) in [6, 6.07) is 1.56. The summed E-state index contributed by atoms with van der Waals surface area (Å²) >= 11 is 5.83. The molecule has 1 fully saturated rings. The molecular weight excluding hydrogens is 319 g/mol. The normalized spacial score (nSPS) is 20.1. The highest BCUT2D eigenvalue weighted by molar-refractivity contribution is 6.31. The van der Waals surface area contributed by atoms with Gasteiger partial charge in [-0.25, -0.2) is 0 Å². The zero-order valence-corrected chi connectivity index (χ0v) is 13.0. The Bertz CT molecular complexity index is 530. The maximum Gasteiger partial charge on any atom is 0.401 e. The minimum Gasteiger partial charge on any atom is -0.350 e. The van der Waals surface area contributed by atoms with Crippen molar-refractivity contribution in [2.45, 2.75) is 19.0 Å². The number of amides is 1. The number of halogens is 4. The number of carbonyl (C=O) groups is 1. The Hall–Kier alpha value is -1.21. The second-order valence-corrected chi connectivity index (χ2v) is 6.16. The number of alkyl halides is 3. The van der Waals surface area contributed by atoms with Crippen LogP contribution in [-0.2, 0) is 7.05 Å². The van der Waals surface area contributed by atoms with Crippen molar-refractivity contribution in [1.82, 2.24) is 14.8 Å². The predicted octanol–water partition coefficient (Wildman–Crippen LogP) is 2.68. The number of piperidine rings is 1. The first kappa shape index (κ1) is 17.1. The van der Waals surface area contributed by atoms with E-state index < -0.39 is 12.7 Å². The summed E-state index contributed by atoms with van der Waals surface area (Å²) in [5.41, 5.74) is 0.438. The summed E-state index contributed by atoms with van der Waals surface area (Å²) in [6.07, 6.45) is -1.01. The van der Waals surface area contributed by atoms with Gasteiger partial charge < -0.3 is 9.88 Å². The van der Waals surface area contributed by atoms with Crippen molar-refractivity contribution in [1.29, 1.82) is 0 Å². The van der Waals surface area contributed by atoms with Gasteiger partial charge in [0.1, 0.15) is 5.69 Å². The van der Waals surface area contributed by atoms with E-state index >= 15 is 0 Å². The van der Waals surface area contributed by atoms with Crippen LogP contribution in [0, 0.1) is 5.92 Å². The van der Waals surface area contributed by atoms with Gasteiger partial charge in [-0.2, -0.15) is 13.2 Å².